The number of halogens is 3. The lowest BCUT2D eigenvalue weighted by molar-refractivity contribution is -0.137. The summed E-state index contributed by atoms with van der Waals surface area (Å²) in [5, 5.41) is 0. The van der Waals surface area contributed by atoms with Crippen molar-refractivity contribution < 1.29 is 26.3 Å². The lowest BCUT2D eigenvalue weighted by Crippen LogP contribution is -2.56. The Morgan fingerprint density at radius 1 is 1.08 bits per heavy atom. The van der Waals surface area contributed by atoms with E-state index in [1.54, 1.807) is 18.2 Å². The maximum absolute atomic E-state index is 12.4. The van der Waals surface area contributed by atoms with Crippen LogP contribution in [-0.4, -0.2) is 36.9 Å². The summed E-state index contributed by atoms with van der Waals surface area (Å²) < 4.78 is 68.6. The van der Waals surface area contributed by atoms with Crippen LogP contribution in [0.15, 0.2) is 53.6 Å². The van der Waals surface area contributed by atoms with Crippen LogP contribution in [0.25, 0.3) is 0 Å². The van der Waals surface area contributed by atoms with Crippen LogP contribution in [-0.2, 0) is 16.2 Å². The zero-order valence-electron chi connectivity index (χ0n) is 12.3. The van der Waals surface area contributed by atoms with Gasteiger partial charge in [-0.2, -0.15) is 17.5 Å². The number of hydrogen-bond donors (Lipinski definition) is 0. The minimum absolute atomic E-state index is 0.0322. The third kappa shape index (κ3) is 3.36. The quantitative estimate of drug-likeness (QED) is 0.843. The fraction of sp³-hybridized carbons (Fsp3) is 0.267. The maximum Gasteiger partial charge on any atom is 0.417 e. The van der Waals surface area contributed by atoms with Crippen molar-refractivity contribution in [2.45, 2.75) is 17.2 Å². The molecule has 1 saturated heterocycles. The number of hydrogen-bond acceptors (Lipinski definition) is 4. The molecule has 0 amide bonds. The first-order valence-corrected chi connectivity index (χ1v) is 8.46. The van der Waals surface area contributed by atoms with Crippen LogP contribution < -0.4 is 4.74 Å². The molecule has 1 aromatic heterocycles. The highest BCUT2D eigenvalue weighted by molar-refractivity contribution is 7.89. The first kappa shape index (κ1) is 16.7. The van der Waals surface area contributed by atoms with E-state index in [9.17, 15) is 21.6 Å². The molecule has 3 rings (SSSR count). The molecule has 0 unspecified atom stereocenters. The number of alkyl halides is 3. The Bertz CT molecular complexity index is 802. The first-order valence-electron chi connectivity index (χ1n) is 7.02. The normalized spacial score (nSPS) is 16.6. The highest BCUT2D eigenvalue weighted by atomic mass is 32.2. The summed E-state index contributed by atoms with van der Waals surface area (Å²) >= 11 is 0. The summed E-state index contributed by atoms with van der Waals surface area (Å²) in [6.07, 6.45) is -4.21. The predicted octanol–water partition coefficient (Wildman–Crippen LogP) is 2.55. The molecule has 1 aromatic carbocycles. The van der Waals surface area contributed by atoms with Gasteiger partial charge in [0.05, 0.1) is 23.5 Å². The first-order chi connectivity index (χ1) is 11.3. The number of nitrogens with zero attached hydrogens (tertiary/aromatic N) is 2. The van der Waals surface area contributed by atoms with Gasteiger partial charge in [0.25, 0.3) is 0 Å². The summed E-state index contributed by atoms with van der Waals surface area (Å²) in [6, 6.07) is 9.98. The van der Waals surface area contributed by atoms with Crippen LogP contribution in [0, 0.1) is 0 Å². The average Bonchev–Trinajstić information content (AvgIpc) is 2.51. The number of benzene rings is 1. The lowest BCUT2D eigenvalue weighted by atomic mass is 10.2. The minimum atomic E-state index is -4.46. The summed E-state index contributed by atoms with van der Waals surface area (Å²) in [7, 11) is -3.57. The number of pyridine rings is 1. The van der Waals surface area contributed by atoms with Gasteiger partial charge in [-0.3, -0.25) is 0 Å². The maximum atomic E-state index is 12.4. The second-order valence-electron chi connectivity index (χ2n) is 5.26. The predicted molar refractivity (Wildman–Crippen MR) is 78.9 cm³/mol. The molecule has 0 bridgehead atoms. The second kappa shape index (κ2) is 6.06. The molecule has 1 aliphatic heterocycles. The highest BCUT2D eigenvalue weighted by Gasteiger charge is 2.38. The second-order valence-corrected chi connectivity index (χ2v) is 7.20. The van der Waals surface area contributed by atoms with Crippen LogP contribution in [0.3, 0.4) is 0 Å². The molecule has 0 saturated carbocycles. The number of sulfonamides is 1. The molecular weight excluding hydrogens is 345 g/mol. The van der Waals surface area contributed by atoms with Crippen LogP contribution in [0.1, 0.15) is 5.56 Å². The molecule has 0 atom stereocenters. The van der Waals surface area contributed by atoms with Crippen LogP contribution in [0.2, 0.25) is 0 Å². The Morgan fingerprint density at radius 3 is 2.29 bits per heavy atom. The fourth-order valence-electron chi connectivity index (χ4n) is 2.20. The topological polar surface area (TPSA) is 59.5 Å². The van der Waals surface area contributed by atoms with E-state index in [1.165, 1.54) is 16.4 Å². The number of aromatic nitrogens is 1. The van der Waals surface area contributed by atoms with Gasteiger partial charge in [-0.15, -0.1) is 0 Å². The summed E-state index contributed by atoms with van der Waals surface area (Å²) in [5.41, 5.74) is -0.864. The number of ether oxygens (including phenoxy) is 1. The molecule has 2 aromatic rings. The Morgan fingerprint density at radius 2 is 1.75 bits per heavy atom. The van der Waals surface area contributed by atoms with Crippen molar-refractivity contribution in [3.63, 3.8) is 0 Å². The van der Waals surface area contributed by atoms with Gasteiger partial charge in [0.2, 0.25) is 15.9 Å². The summed E-state index contributed by atoms with van der Waals surface area (Å²) in [5.74, 6) is 0.0322. The molecular formula is C15H13F3N2O3S. The zero-order chi connectivity index (χ0) is 17.4. The van der Waals surface area contributed by atoms with E-state index < -0.39 is 27.9 Å². The largest absolute Gasteiger partial charge is 0.472 e. The van der Waals surface area contributed by atoms with Crippen LogP contribution in [0.5, 0.6) is 5.88 Å². The van der Waals surface area contributed by atoms with Crippen molar-refractivity contribution in [3.8, 4) is 5.88 Å². The molecule has 5 nitrogen and oxygen atoms in total. The molecule has 9 heteroatoms. The van der Waals surface area contributed by atoms with E-state index in [-0.39, 0.29) is 23.9 Å². The molecule has 0 aliphatic carbocycles. The van der Waals surface area contributed by atoms with Crippen molar-refractivity contribution in [2.75, 3.05) is 13.1 Å². The molecule has 0 spiro atoms. The van der Waals surface area contributed by atoms with E-state index in [4.69, 9.17) is 4.74 Å². The minimum Gasteiger partial charge on any atom is -0.472 e. The van der Waals surface area contributed by atoms with E-state index in [1.807, 2.05) is 0 Å². The van der Waals surface area contributed by atoms with Gasteiger partial charge < -0.3 is 4.74 Å². The molecule has 1 fully saturated rings. The van der Waals surface area contributed by atoms with Gasteiger partial charge >= 0.3 is 6.18 Å². The van der Waals surface area contributed by atoms with Gasteiger partial charge in [-0.05, 0) is 18.2 Å². The van der Waals surface area contributed by atoms with Crippen molar-refractivity contribution in [1.82, 2.24) is 9.29 Å². The van der Waals surface area contributed by atoms with E-state index in [0.717, 1.165) is 12.1 Å². The van der Waals surface area contributed by atoms with E-state index in [0.29, 0.717) is 6.20 Å². The van der Waals surface area contributed by atoms with Gasteiger partial charge in [0.15, 0.2) is 0 Å². The monoisotopic (exact) mass is 358 g/mol. The Labute approximate surface area is 136 Å². The standard InChI is InChI=1S/C15H13F3N2O3S/c16-15(17,18)11-6-7-14(19-8-11)23-12-9-20(10-12)24(21,22)13-4-2-1-3-5-13/h1-8,12H,9-10H2. The van der Waals surface area contributed by atoms with Gasteiger partial charge in [-0.25, -0.2) is 13.4 Å². The summed E-state index contributed by atoms with van der Waals surface area (Å²) in [4.78, 5) is 3.79. The van der Waals surface area contributed by atoms with Gasteiger partial charge in [0.1, 0.15) is 6.10 Å². The molecule has 1 aliphatic rings. The van der Waals surface area contributed by atoms with Crippen LogP contribution in [0.4, 0.5) is 13.2 Å². The van der Waals surface area contributed by atoms with Crippen molar-refractivity contribution >= 4 is 10.0 Å². The van der Waals surface area contributed by atoms with E-state index in [2.05, 4.69) is 4.98 Å². The molecule has 24 heavy (non-hydrogen) atoms. The Balaban J connectivity index is 1.59. The Hall–Kier alpha value is -2.13. The average molecular weight is 358 g/mol. The molecule has 0 N–H and O–H groups in total. The SMILES string of the molecule is O=S(=O)(c1ccccc1)N1CC(Oc2ccc(C(F)(F)F)cn2)C1. The number of rotatable bonds is 4. The van der Waals surface area contributed by atoms with Gasteiger partial charge in [0, 0.05) is 12.3 Å². The smallest absolute Gasteiger partial charge is 0.417 e. The van der Waals surface area contributed by atoms with Crippen LogP contribution >= 0.6 is 0 Å². The lowest BCUT2D eigenvalue weighted by Gasteiger charge is -2.37. The van der Waals surface area contributed by atoms with Crippen molar-refractivity contribution in [1.29, 1.82) is 0 Å². The highest BCUT2D eigenvalue weighted by Crippen LogP contribution is 2.30. The molecule has 2 heterocycles. The van der Waals surface area contributed by atoms with E-state index >= 15 is 0 Å². The Kier molecular flexibility index (Phi) is 4.22. The van der Waals surface area contributed by atoms with Crippen molar-refractivity contribution in [3.05, 3.63) is 54.2 Å². The fourth-order valence-corrected chi connectivity index (χ4v) is 3.73. The third-order valence-electron chi connectivity index (χ3n) is 3.55. The third-order valence-corrected chi connectivity index (χ3v) is 5.39. The molecule has 0 radical (unpaired) electrons. The summed E-state index contributed by atoms with van der Waals surface area (Å²) in [6.45, 7) is 0.250. The molecule has 128 valence electrons. The van der Waals surface area contributed by atoms with Gasteiger partial charge in [-0.1, -0.05) is 18.2 Å². The zero-order valence-corrected chi connectivity index (χ0v) is 13.1. The van der Waals surface area contributed by atoms with Crippen molar-refractivity contribution in [2.24, 2.45) is 0 Å².